The molecule has 1 aliphatic rings. The normalized spacial score (nSPS) is 22.7. The quantitative estimate of drug-likeness (QED) is 0.799. The zero-order valence-electron chi connectivity index (χ0n) is 10.0. The molecule has 104 valence electrons. The lowest BCUT2D eigenvalue weighted by Crippen LogP contribution is -2.40. The second kappa shape index (κ2) is 5.58. The first-order valence-corrected chi connectivity index (χ1v) is 5.84. The zero-order valence-corrected chi connectivity index (χ0v) is 10.0. The van der Waals surface area contributed by atoms with Gasteiger partial charge in [0, 0.05) is 6.54 Å². The molecule has 0 aromatic rings. The van der Waals surface area contributed by atoms with E-state index in [1.807, 2.05) is 6.92 Å². The van der Waals surface area contributed by atoms with Crippen molar-refractivity contribution in [2.75, 3.05) is 13.1 Å². The first kappa shape index (κ1) is 14.8. The molecule has 1 aliphatic carbocycles. The Morgan fingerprint density at radius 3 is 2.33 bits per heavy atom. The van der Waals surface area contributed by atoms with Gasteiger partial charge in [-0.3, -0.25) is 9.59 Å². The van der Waals surface area contributed by atoms with E-state index in [0.29, 0.717) is 12.8 Å². The summed E-state index contributed by atoms with van der Waals surface area (Å²) in [4.78, 5) is 23.1. The van der Waals surface area contributed by atoms with Gasteiger partial charge in [-0.05, 0) is 12.8 Å². The van der Waals surface area contributed by atoms with E-state index in [1.165, 1.54) is 0 Å². The van der Waals surface area contributed by atoms with Crippen LogP contribution in [0.4, 0.5) is 13.2 Å². The summed E-state index contributed by atoms with van der Waals surface area (Å²) in [6.07, 6.45) is -3.15. The lowest BCUT2D eigenvalue weighted by atomic mass is 10.2. The largest absolute Gasteiger partial charge is 0.481 e. The van der Waals surface area contributed by atoms with Crippen LogP contribution in [0.3, 0.4) is 0 Å². The molecular formula is C11H16F3NO3. The number of unbranched alkanes of at least 4 members (excludes halogenated alkanes) is 1. The van der Waals surface area contributed by atoms with Crippen molar-refractivity contribution in [2.24, 2.45) is 11.8 Å². The highest BCUT2D eigenvalue weighted by atomic mass is 19.4. The van der Waals surface area contributed by atoms with Gasteiger partial charge in [0.1, 0.15) is 6.54 Å². The van der Waals surface area contributed by atoms with Gasteiger partial charge in [-0.25, -0.2) is 0 Å². The average molecular weight is 267 g/mol. The second-order valence-electron chi connectivity index (χ2n) is 4.52. The molecule has 0 spiro atoms. The molecule has 2 atom stereocenters. The van der Waals surface area contributed by atoms with Crippen LogP contribution in [0.15, 0.2) is 0 Å². The van der Waals surface area contributed by atoms with Gasteiger partial charge < -0.3 is 10.0 Å². The number of rotatable bonds is 6. The van der Waals surface area contributed by atoms with Crippen LogP contribution in [-0.4, -0.2) is 41.1 Å². The van der Waals surface area contributed by atoms with Crippen LogP contribution in [-0.2, 0) is 9.59 Å². The summed E-state index contributed by atoms with van der Waals surface area (Å²) in [7, 11) is 0. The number of nitrogens with zero attached hydrogens (tertiary/aromatic N) is 1. The van der Waals surface area contributed by atoms with Crippen LogP contribution in [0.2, 0.25) is 0 Å². The minimum absolute atomic E-state index is 0.0255. The van der Waals surface area contributed by atoms with Gasteiger partial charge in [0.15, 0.2) is 0 Å². The summed E-state index contributed by atoms with van der Waals surface area (Å²) in [6.45, 7) is 0.541. The Morgan fingerprint density at radius 1 is 1.33 bits per heavy atom. The average Bonchev–Trinajstić information content (AvgIpc) is 3.01. The fourth-order valence-electron chi connectivity index (χ4n) is 1.81. The Morgan fingerprint density at radius 2 is 1.94 bits per heavy atom. The predicted molar refractivity (Wildman–Crippen MR) is 56.8 cm³/mol. The van der Waals surface area contributed by atoms with Gasteiger partial charge in [-0.15, -0.1) is 0 Å². The number of amides is 1. The first-order valence-electron chi connectivity index (χ1n) is 5.84. The standard InChI is InChI=1S/C11H16F3NO3/c1-2-3-4-15(6-11(12,13)14)9(16)7-5-8(7)10(17)18/h7-8H,2-6H2,1H3,(H,17,18)/t7-,8-/m1/s1. The van der Waals surface area contributed by atoms with Crippen molar-refractivity contribution < 1.29 is 27.9 Å². The molecule has 0 heterocycles. The third-order valence-corrected chi connectivity index (χ3v) is 2.89. The zero-order chi connectivity index (χ0) is 13.9. The number of alkyl halides is 3. The number of halogens is 3. The summed E-state index contributed by atoms with van der Waals surface area (Å²) in [5.41, 5.74) is 0. The number of carbonyl (C=O) groups is 2. The van der Waals surface area contributed by atoms with E-state index in [0.717, 1.165) is 4.90 Å². The summed E-state index contributed by atoms with van der Waals surface area (Å²) in [6, 6.07) is 0. The van der Waals surface area contributed by atoms with Crippen LogP contribution in [0.1, 0.15) is 26.2 Å². The Labute approximate surface area is 103 Å². The molecule has 0 aliphatic heterocycles. The third kappa shape index (κ3) is 4.19. The van der Waals surface area contributed by atoms with E-state index in [9.17, 15) is 22.8 Å². The predicted octanol–water partition coefficient (Wildman–Crippen LogP) is 1.90. The Bertz CT molecular complexity index is 330. The lowest BCUT2D eigenvalue weighted by Gasteiger charge is -2.23. The number of carboxylic acids is 1. The molecule has 18 heavy (non-hydrogen) atoms. The molecule has 0 aromatic heterocycles. The van der Waals surface area contributed by atoms with E-state index in [2.05, 4.69) is 0 Å². The SMILES string of the molecule is CCCCN(CC(F)(F)F)C(=O)[C@@H]1C[C@H]1C(=O)O. The molecule has 1 N–H and O–H groups in total. The molecule has 0 bridgehead atoms. The van der Waals surface area contributed by atoms with Gasteiger partial charge in [-0.1, -0.05) is 13.3 Å². The monoisotopic (exact) mass is 267 g/mol. The molecule has 1 amide bonds. The van der Waals surface area contributed by atoms with Gasteiger partial charge in [0.05, 0.1) is 11.8 Å². The maximum atomic E-state index is 12.3. The molecule has 4 nitrogen and oxygen atoms in total. The molecule has 0 aromatic carbocycles. The highest BCUT2D eigenvalue weighted by Crippen LogP contribution is 2.40. The number of aliphatic carboxylic acids is 1. The van der Waals surface area contributed by atoms with Crippen LogP contribution in [0, 0.1) is 11.8 Å². The summed E-state index contributed by atoms with van der Waals surface area (Å²) in [5.74, 6) is -3.39. The van der Waals surface area contributed by atoms with E-state index < -0.39 is 36.4 Å². The van der Waals surface area contributed by atoms with Crippen molar-refractivity contribution in [3.63, 3.8) is 0 Å². The topological polar surface area (TPSA) is 57.6 Å². The first-order chi connectivity index (χ1) is 8.26. The molecule has 7 heteroatoms. The molecule has 0 radical (unpaired) electrons. The van der Waals surface area contributed by atoms with Crippen molar-refractivity contribution in [3.8, 4) is 0 Å². The minimum Gasteiger partial charge on any atom is -0.481 e. The summed E-state index contributed by atoms with van der Waals surface area (Å²) in [5, 5.41) is 8.67. The van der Waals surface area contributed by atoms with Crippen molar-refractivity contribution in [2.45, 2.75) is 32.4 Å². The smallest absolute Gasteiger partial charge is 0.406 e. The molecule has 1 rings (SSSR count). The minimum atomic E-state index is -4.45. The van der Waals surface area contributed by atoms with E-state index in [4.69, 9.17) is 5.11 Å². The number of carboxylic acid groups (broad SMARTS) is 1. The number of hydrogen-bond donors (Lipinski definition) is 1. The van der Waals surface area contributed by atoms with Crippen LogP contribution in [0.5, 0.6) is 0 Å². The highest BCUT2D eigenvalue weighted by molar-refractivity contribution is 5.89. The number of hydrogen-bond acceptors (Lipinski definition) is 2. The van der Waals surface area contributed by atoms with Crippen LogP contribution in [0.25, 0.3) is 0 Å². The molecular weight excluding hydrogens is 251 g/mol. The van der Waals surface area contributed by atoms with E-state index in [1.54, 1.807) is 0 Å². The molecule has 1 fully saturated rings. The fourth-order valence-corrected chi connectivity index (χ4v) is 1.81. The van der Waals surface area contributed by atoms with Gasteiger partial charge in [0.2, 0.25) is 5.91 Å². The Hall–Kier alpha value is -1.27. The van der Waals surface area contributed by atoms with Crippen LogP contribution >= 0.6 is 0 Å². The highest BCUT2D eigenvalue weighted by Gasteiger charge is 2.50. The van der Waals surface area contributed by atoms with E-state index >= 15 is 0 Å². The van der Waals surface area contributed by atoms with Crippen molar-refractivity contribution in [3.05, 3.63) is 0 Å². The molecule has 1 saturated carbocycles. The summed E-state index contributed by atoms with van der Waals surface area (Å²) >= 11 is 0. The summed E-state index contributed by atoms with van der Waals surface area (Å²) < 4.78 is 37.0. The van der Waals surface area contributed by atoms with Crippen molar-refractivity contribution in [1.82, 2.24) is 4.90 Å². The second-order valence-corrected chi connectivity index (χ2v) is 4.52. The Kier molecular flexibility index (Phi) is 4.59. The van der Waals surface area contributed by atoms with Gasteiger partial charge in [-0.2, -0.15) is 13.2 Å². The number of carbonyl (C=O) groups excluding carboxylic acids is 1. The Balaban J connectivity index is 2.60. The van der Waals surface area contributed by atoms with Crippen molar-refractivity contribution >= 4 is 11.9 Å². The third-order valence-electron chi connectivity index (χ3n) is 2.89. The molecule has 0 saturated heterocycles. The van der Waals surface area contributed by atoms with Crippen molar-refractivity contribution in [1.29, 1.82) is 0 Å². The van der Waals surface area contributed by atoms with E-state index in [-0.39, 0.29) is 13.0 Å². The molecule has 0 unspecified atom stereocenters. The maximum absolute atomic E-state index is 12.3. The van der Waals surface area contributed by atoms with Crippen LogP contribution < -0.4 is 0 Å². The maximum Gasteiger partial charge on any atom is 0.406 e. The van der Waals surface area contributed by atoms with Gasteiger partial charge >= 0.3 is 12.1 Å². The fraction of sp³-hybridized carbons (Fsp3) is 0.818. The van der Waals surface area contributed by atoms with Gasteiger partial charge in [0.25, 0.3) is 0 Å². The lowest BCUT2D eigenvalue weighted by molar-refractivity contribution is -0.162.